The molecule has 2 aromatic heterocycles. The fraction of sp³-hybridized carbons (Fsp3) is 0.412. The number of amides is 1. The van der Waals surface area contributed by atoms with Gasteiger partial charge in [0.1, 0.15) is 6.54 Å². The van der Waals surface area contributed by atoms with Gasteiger partial charge in [0.25, 0.3) is 5.56 Å². The van der Waals surface area contributed by atoms with Crippen molar-refractivity contribution >= 4 is 28.7 Å². The maximum Gasteiger partial charge on any atom is 0.332 e. The Bertz CT molecular complexity index is 1010. The minimum atomic E-state index is -0.475. The molecule has 2 aromatic rings. The van der Waals surface area contributed by atoms with Gasteiger partial charge in [0.05, 0.1) is 11.7 Å². The van der Waals surface area contributed by atoms with Crippen LogP contribution in [0.2, 0.25) is 0 Å². The minimum absolute atomic E-state index is 0.0470. The summed E-state index contributed by atoms with van der Waals surface area (Å²) >= 11 is 6.21. The van der Waals surface area contributed by atoms with Crippen LogP contribution in [0.3, 0.4) is 0 Å². The Morgan fingerprint density at radius 2 is 1.96 bits per heavy atom. The molecule has 2 heterocycles. The van der Waals surface area contributed by atoms with Crippen LogP contribution in [-0.2, 0) is 25.4 Å². The molecule has 0 bridgehead atoms. The van der Waals surface area contributed by atoms with Gasteiger partial charge in [-0.1, -0.05) is 24.3 Å². The van der Waals surface area contributed by atoms with Gasteiger partial charge in [-0.15, -0.1) is 11.6 Å². The van der Waals surface area contributed by atoms with Gasteiger partial charge in [0, 0.05) is 20.6 Å². The van der Waals surface area contributed by atoms with E-state index in [4.69, 9.17) is 11.6 Å². The molecule has 9 heteroatoms. The summed E-state index contributed by atoms with van der Waals surface area (Å²) in [5.74, 6) is -0.0560. The lowest BCUT2D eigenvalue weighted by atomic mass is 9.97. The van der Waals surface area contributed by atoms with Gasteiger partial charge >= 0.3 is 5.69 Å². The van der Waals surface area contributed by atoms with Crippen LogP contribution in [0, 0.1) is 5.92 Å². The van der Waals surface area contributed by atoms with Crippen LogP contribution in [0.1, 0.15) is 6.42 Å². The van der Waals surface area contributed by atoms with Crippen LogP contribution in [-0.4, -0.2) is 36.5 Å². The van der Waals surface area contributed by atoms with Crippen molar-refractivity contribution in [3.05, 3.63) is 51.5 Å². The van der Waals surface area contributed by atoms with E-state index in [0.717, 1.165) is 11.0 Å². The largest absolute Gasteiger partial charge is 0.355 e. The molecule has 0 radical (unpaired) electrons. The molecule has 0 aromatic carbocycles. The first-order valence-electron chi connectivity index (χ1n) is 8.26. The number of allylic oxidation sites excluding steroid dienone is 4. The van der Waals surface area contributed by atoms with Crippen LogP contribution >= 0.6 is 11.6 Å². The first-order chi connectivity index (χ1) is 12.4. The number of alkyl halides is 1. The third-order valence-corrected chi connectivity index (χ3v) is 4.97. The second-order valence-electron chi connectivity index (χ2n) is 6.27. The highest BCUT2D eigenvalue weighted by molar-refractivity contribution is 6.22. The van der Waals surface area contributed by atoms with E-state index in [1.807, 2.05) is 24.3 Å². The molecule has 1 aliphatic rings. The molecule has 26 heavy (non-hydrogen) atoms. The Kier molecular flexibility index (Phi) is 5.13. The molecule has 8 nitrogen and oxygen atoms in total. The maximum atomic E-state index is 12.3. The molecule has 1 amide bonds. The van der Waals surface area contributed by atoms with Crippen LogP contribution in [0.25, 0.3) is 11.2 Å². The smallest absolute Gasteiger partial charge is 0.332 e. The molecule has 0 saturated heterocycles. The van der Waals surface area contributed by atoms with Crippen LogP contribution in [0.4, 0.5) is 0 Å². The van der Waals surface area contributed by atoms with Crippen LogP contribution < -0.4 is 16.6 Å². The second kappa shape index (κ2) is 7.33. The van der Waals surface area contributed by atoms with Crippen molar-refractivity contribution in [1.29, 1.82) is 0 Å². The highest BCUT2D eigenvalue weighted by atomic mass is 35.5. The van der Waals surface area contributed by atoms with Crippen LogP contribution in [0.15, 0.2) is 40.2 Å². The van der Waals surface area contributed by atoms with E-state index in [2.05, 4.69) is 10.3 Å². The van der Waals surface area contributed by atoms with Crippen molar-refractivity contribution in [3.63, 3.8) is 0 Å². The zero-order chi connectivity index (χ0) is 18.8. The molecule has 0 spiro atoms. The normalized spacial score (nSPS) is 19.2. The van der Waals surface area contributed by atoms with E-state index >= 15 is 0 Å². The van der Waals surface area contributed by atoms with Crippen molar-refractivity contribution < 1.29 is 4.79 Å². The summed E-state index contributed by atoms with van der Waals surface area (Å²) in [4.78, 5) is 40.6. The minimum Gasteiger partial charge on any atom is -0.355 e. The number of fused-ring (bicyclic) bond motifs is 1. The Morgan fingerprint density at radius 3 is 2.69 bits per heavy atom. The summed E-state index contributed by atoms with van der Waals surface area (Å²) in [6.45, 7) is 0.433. The summed E-state index contributed by atoms with van der Waals surface area (Å²) in [5.41, 5.74) is -0.444. The number of rotatable bonds is 5. The standard InChI is InChI=1S/C17H20ClN5O3/c1-21-15-14(16(25)22(2)17(21)26)23(10-20-15)9-13(24)19-8-7-11-5-3-4-6-12(11)18/h3-6,10-12H,7-9H2,1-2H3,(H,19,24). The third-order valence-electron chi connectivity index (χ3n) is 4.50. The molecule has 2 atom stereocenters. The van der Waals surface area contributed by atoms with Crippen molar-refractivity contribution in [2.45, 2.75) is 18.3 Å². The van der Waals surface area contributed by atoms with Gasteiger partial charge in [0.15, 0.2) is 11.2 Å². The Morgan fingerprint density at radius 1 is 1.23 bits per heavy atom. The zero-order valence-corrected chi connectivity index (χ0v) is 15.3. The third kappa shape index (κ3) is 3.37. The summed E-state index contributed by atoms with van der Waals surface area (Å²) < 4.78 is 3.75. The highest BCUT2D eigenvalue weighted by Crippen LogP contribution is 2.20. The van der Waals surface area contributed by atoms with Crippen molar-refractivity contribution in [3.8, 4) is 0 Å². The SMILES string of the molecule is Cn1c(=O)c2c(ncn2CC(=O)NCCC2C=CC=CC2Cl)n(C)c1=O. The van der Waals surface area contributed by atoms with Gasteiger partial charge < -0.3 is 9.88 Å². The molecule has 138 valence electrons. The number of aromatic nitrogens is 4. The quantitative estimate of drug-likeness (QED) is 0.758. The number of aryl methyl sites for hydroxylation is 1. The number of carbonyl (C=O) groups excluding carboxylic acids is 1. The Hall–Kier alpha value is -2.61. The summed E-state index contributed by atoms with van der Waals surface area (Å²) in [7, 11) is 2.94. The van der Waals surface area contributed by atoms with E-state index in [1.165, 1.54) is 29.6 Å². The average Bonchev–Trinajstić information content (AvgIpc) is 3.03. The van der Waals surface area contributed by atoms with Crippen molar-refractivity contribution in [2.24, 2.45) is 20.0 Å². The first kappa shape index (κ1) is 18.2. The monoisotopic (exact) mass is 377 g/mol. The predicted molar refractivity (Wildman–Crippen MR) is 99.3 cm³/mol. The number of hydrogen-bond acceptors (Lipinski definition) is 4. The summed E-state index contributed by atoms with van der Waals surface area (Å²) in [6.07, 6.45) is 9.92. The van der Waals surface area contributed by atoms with E-state index < -0.39 is 11.2 Å². The first-order valence-corrected chi connectivity index (χ1v) is 8.70. The lowest BCUT2D eigenvalue weighted by Gasteiger charge is -2.18. The Labute approximate surface area is 154 Å². The molecule has 0 saturated carbocycles. The number of imidazole rings is 1. The fourth-order valence-corrected chi connectivity index (χ4v) is 3.28. The highest BCUT2D eigenvalue weighted by Gasteiger charge is 2.17. The van der Waals surface area contributed by atoms with Crippen molar-refractivity contribution in [2.75, 3.05) is 6.54 Å². The van der Waals surface area contributed by atoms with E-state index in [9.17, 15) is 14.4 Å². The van der Waals surface area contributed by atoms with E-state index in [1.54, 1.807) is 0 Å². The second-order valence-corrected chi connectivity index (χ2v) is 6.77. The fourth-order valence-electron chi connectivity index (χ4n) is 2.99. The van der Waals surface area contributed by atoms with Gasteiger partial charge in [-0.25, -0.2) is 9.78 Å². The molecular formula is C17H20ClN5O3. The maximum absolute atomic E-state index is 12.3. The predicted octanol–water partition coefficient (Wildman–Crippen LogP) is 0.290. The van der Waals surface area contributed by atoms with E-state index in [-0.39, 0.29) is 34.9 Å². The van der Waals surface area contributed by atoms with Gasteiger partial charge in [-0.2, -0.15) is 0 Å². The lowest BCUT2D eigenvalue weighted by Crippen LogP contribution is -2.38. The number of nitrogens with one attached hydrogen (secondary N) is 1. The zero-order valence-electron chi connectivity index (χ0n) is 14.6. The molecule has 1 aliphatic carbocycles. The molecule has 2 unspecified atom stereocenters. The van der Waals surface area contributed by atoms with Gasteiger partial charge in [0.2, 0.25) is 5.91 Å². The topological polar surface area (TPSA) is 90.9 Å². The van der Waals surface area contributed by atoms with Gasteiger partial charge in [-0.3, -0.25) is 18.7 Å². The molecule has 0 aliphatic heterocycles. The lowest BCUT2D eigenvalue weighted by molar-refractivity contribution is -0.121. The van der Waals surface area contributed by atoms with Crippen molar-refractivity contribution in [1.82, 2.24) is 24.0 Å². The summed E-state index contributed by atoms with van der Waals surface area (Å²) in [5, 5.41) is 2.76. The van der Waals surface area contributed by atoms with Crippen LogP contribution in [0.5, 0.6) is 0 Å². The molecule has 3 rings (SSSR count). The molecular weight excluding hydrogens is 358 g/mol. The van der Waals surface area contributed by atoms with E-state index in [0.29, 0.717) is 6.54 Å². The molecule has 1 N–H and O–H groups in total. The number of hydrogen-bond donors (Lipinski definition) is 1. The number of carbonyl (C=O) groups is 1. The molecule has 0 fully saturated rings. The summed E-state index contributed by atoms with van der Waals surface area (Å²) in [6, 6.07) is 0. The Balaban J connectivity index is 1.68. The van der Waals surface area contributed by atoms with Gasteiger partial charge in [-0.05, 0) is 12.3 Å². The number of nitrogens with zero attached hydrogens (tertiary/aromatic N) is 4. The average molecular weight is 378 g/mol. The number of halogens is 1.